The molecule has 0 saturated heterocycles. The van der Waals surface area contributed by atoms with E-state index in [4.69, 9.17) is 0 Å². The van der Waals surface area contributed by atoms with Crippen LogP contribution in [-0.4, -0.2) is 30.4 Å². The molecule has 1 fully saturated rings. The van der Waals surface area contributed by atoms with Gasteiger partial charge in [0.25, 0.3) is 0 Å². The molecule has 0 aliphatic heterocycles. The van der Waals surface area contributed by atoms with Crippen LogP contribution in [0, 0.1) is 11.7 Å². The standard InChI is InChI=1S/C16H23FN2O/c1-12-6-8-15(9-7-12)19(2)11-16(20)18-14-5-3-4-13(17)10-14/h3-5,10,12,15H,6-9,11H2,1-2H3,(H,18,20). The van der Waals surface area contributed by atoms with Gasteiger partial charge < -0.3 is 5.32 Å². The number of hydrogen-bond donors (Lipinski definition) is 1. The maximum Gasteiger partial charge on any atom is 0.238 e. The first-order valence-electron chi connectivity index (χ1n) is 7.30. The summed E-state index contributed by atoms with van der Waals surface area (Å²) < 4.78 is 13.0. The number of hydrogen-bond acceptors (Lipinski definition) is 2. The molecule has 3 nitrogen and oxygen atoms in total. The summed E-state index contributed by atoms with van der Waals surface area (Å²) in [6.07, 6.45) is 4.79. The summed E-state index contributed by atoms with van der Waals surface area (Å²) in [6.45, 7) is 2.64. The number of benzene rings is 1. The van der Waals surface area contributed by atoms with E-state index in [1.165, 1.54) is 25.0 Å². The Kier molecular flexibility index (Phi) is 5.12. The highest BCUT2D eigenvalue weighted by atomic mass is 19.1. The molecule has 1 aromatic rings. The first-order valence-corrected chi connectivity index (χ1v) is 7.30. The fraction of sp³-hybridized carbons (Fsp3) is 0.562. The Labute approximate surface area is 120 Å². The van der Waals surface area contributed by atoms with Crippen LogP contribution in [-0.2, 0) is 4.79 Å². The zero-order valence-electron chi connectivity index (χ0n) is 12.2. The molecule has 0 bridgehead atoms. The number of carbonyl (C=O) groups is 1. The Morgan fingerprint density at radius 2 is 2.05 bits per heavy atom. The van der Waals surface area contributed by atoms with Crippen LogP contribution in [0.2, 0.25) is 0 Å². The number of nitrogens with one attached hydrogen (secondary N) is 1. The molecule has 1 amide bonds. The Morgan fingerprint density at radius 1 is 1.35 bits per heavy atom. The van der Waals surface area contributed by atoms with Gasteiger partial charge in [-0.3, -0.25) is 9.69 Å². The van der Waals surface area contributed by atoms with E-state index in [0.29, 0.717) is 18.3 Å². The minimum atomic E-state index is -0.336. The van der Waals surface area contributed by atoms with Crippen LogP contribution in [0.4, 0.5) is 10.1 Å². The highest BCUT2D eigenvalue weighted by Gasteiger charge is 2.22. The van der Waals surface area contributed by atoms with E-state index in [1.807, 2.05) is 7.05 Å². The van der Waals surface area contributed by atoms with Crippen molar-refractivity contribution in [1.29, 1.82) is 0 Å². The van der Waals surface area contributed by atoms with Crippen molar-refractivity contribution in [2.45, 2.75) is 38.6 Å². The lowest BCUT2D eigenvalue weighted by atomic mass is 9.87. The molecule has 0 unspecified atom stereocenters. The number of likely N-dealkylation sites (N-methyl/N-ethyl adjacent to an activating group) is 1. The highest BCUT2D eigenvalue weighted by molar-refractivity contribution is 5.92. The van der Waals surface area contributed by atoms with Crippen LogP contribution in [0.15, 0.2) is 24.3 Å². The third-order valence-electron chi connectivity index (χ3n) is 4.11. The van der Waals surface area contributed by atoms with Gasteiger partial charge in [0.2, 0.25) is 5.91 Å². The second-order valence-electron chi connectivity index (χ2n) is 5.89. The summed E-state index contributed by atoms with van der Waals surface area (Å²) >= 11 is 0. The van der Waals surface area contributed by atoms with Crippen molar-refractivity contribution in [3.05, 3.63) is 30.1 Å². The van der Waals surface area contributed by atoms with Gasteiger partial charge >= 0.3 is 0 Å². The van der Waals surface area contributed by atoms with Gasteiger partial charge in [-0.05, 0) is 56.8 Å². The molecular weight excluding hydrogens is 255 g/mol. The fourth-order valence-electron chi connectivity index (χ4n) is 2.81. The molecule has 20 heavy (non-hydrogen) atoms. The molecule has 1 aliphatic carbocycles. The van der Waals surface area contributed by atoms with E-state index in [1.54, 1.807) is 12.1 Å². The maximum atomic E-state index is 13.0. The van der Waals surface area contributed by atoms with Gasteiger partial charge in [-0.15, -0.1) is 0 Å². The molecule has 1 N–H and O–H groups in total. The van der Waals surface area contributed by atoms with E-state index in [-0.39, 0.29) is 11.7 Å². The first kappa shape index (κ1) is 15.0. The Balaban J connectivity index is 1.82. The Morgan fingerprint density at radius 3 is 2.70 bits per heavy atom. The summed E-state index contributed by atoms with van der Waals surface area (Å²) in [5.41, 5.74) is 0.515. The Bertz CT molecular complexity index is 456. The predicted molar refractivity (Wildman–Crippen MR) is 79.1 cm³/mol. The zero-order chi connectivity index (χ0) is 14.5. The van der Waals surface area contributed by atoms with Gasteiger partial charge in [-0.25, -0.2) is 4.39 Å². The maximum absolute atomic E-state index is 13.0. The average molecular weight is 278 g/mol. The van der Waals surface area contributed by atoms with E-state index in [2.05, 4.69) is 17.1 Å². The van der Waals surface area contributed by atoms with Crippen molar-refractivity contribution in [2.24, 2.45) is 5.92 Å². The minimum Gasteiger partial charge on any atom is -0.325 e. The molecule has 1 aliphatic rings. The number of amides is 1. The van der Waals surface area contributed by atoms with Crippen LogP contribution in [0.1, 0.15) is 32.6 Å². The number of halogens is 1. The fourth-order valence-corrected chi connectivity index (χ4v) is 2.81. The lowest BCUT2D eigenvalue weighted by Crippen LogP contribution is -2.39. The van der Waals surface area contributed by atoms with Gasteiger partial charge in [-0.1, -0.05) is 13.0 Å². The molecule has 0 atom stereocenters. The van der Waals surface area contributed by atoms with Crippen LogP contribution < -0.4 is 5.32 Å². The van der Waals surface area contributed by atoms with E-state index in [0.717, 1.165) is 18.8 Å². The van der Waals surface area contributed by atoms with Crippen LogP contribution in [0.25, 0.3) is 0 Å². The molecule has 0 heterocycles. The molecule has 4 heteroatoms. The van der Waals surface area contributed by atoms with Gasteiger partial charge in [0.15, 0.2) is 0 Å². The molecule has 110 valence electrons. The lowest BCUT2D eigenvalue weighted by molar-refractivity contribution is -0.117. The minimum absolute atomic E-state index is 0.0864. The third kappa shape index (κ3) is 4.30. The van der Waals surface area contributed by atoms with Gasteiger partial charge in [0.1, 0.15) is 5.82 Å². The lowest BCUT2D eigenvalue weighted by Gasteiger charge is -2.33. The summed E-state index contributed by atoms with van der Waals surface area (Å²) in [7, 11) is 1.99. The van der Waals surface area contributed by atoms with Gasteiger partial charge in [-0.2, -0.15) is 0 Å². The second-order valence-corrected chi connectivity index (χ2v) is 5.89. The number of carbonyl (C=O) groups excluding carboxylic acids is 1. The normalized spacial score (nSPS) is 22.8. The van der Waals surface area contributed by atoms with Crippen molar-refractivity contribution in [1.82, 2.24) is 4.90 Å². The third-order valence-corrected chi connectivity index (χ3v) is 4.11. The largest absolute Gasteiger partial charge is 0.325 e. The van der Waals surface area contributed by atoms with E-state index >= 15 is 0 Å². The molecule has 0 aromatic heterocycles. The average Bonchev–Trinajstić information content (AvgIpc) is 2.39. The number of anilines is 1. The van der Waals surface area contributed by atoms with Gasteiger partial charge in [0.05, 0.1) is 6.54 Å². The summed E-state index contributed by atoms with van der Waals surface area (Å²) in [4.78, 5) is 14.1. The molecule has 2 rings (SSSR count). The summed E-state index contributed by atoms with van der Waals surface area (Å²) in [5.74, 6) is 0.384. The van der Waals surface area contributed by atoms with Crippen molar-refractivity contribution < 1.29 is 9.18 Å². The second kappa shape index (κ2) is 6.84. The predicted octanol–water partition coefficient (Wildman–Crippen LogP) is 3.27. The molecule has 0 radical (unpaired) electrons. The van der Waals surface area contributed by atoms with Gasteiger partial charge in [0, 0.05) is 11.7 Å². The highest BCUT2D eigenvalue weighted by Crippen LogP contribution is 2.26. The van der Waals surface area contributed by atoms with Crippen molar-refractivity contribution in [2.75, 3.05) is 18.9 Å². The van der Waals surface area contributed by atoms with Crippen LogP contribution in [0.3, 0.4) is 0 Å². The van der Waals surface area contributed by atoms with Crippen molar-refractivity contribution in [3.63, 3.8) is 0 Å². The van der Waals surface area contributed by atoms with Crippen LogP contribution >= 0.6 is 0 Å². The number of rotatable bonds is 4. The van der Waals surface area contributed by atoms with E-state index < -0.39 is 0 Å². The van der Waals surface area contributed by atoms with E-state index in [9.17, 15) is 9.18 Å². The Hall–Kier alpha value is -1.42. The molecular formula is C16H23FN2O. The SMILES string of the molecule is CC1CCC(N(C)CC(=O)Nc2cccc(F)c2)CC1. The molecule has 1 saturated carbocycles. The molecule has 1 aromatic carbocycles. The zero-order valence-corrected chi connectivity index (χ0v) is 12.2. The topological polar surface area (TPSA) is 32.3 Å². The number of nitrogens with zero attached hydrogens (tertiary/aromatic N) is 1. The quantitative estimate of drug-likeness (QED) is 0.916. The summed E-state index contributed by atoms with van der Waals surface area (Å²) in [6, 6.07) is 6.48. The smallest absolute Gasteiger partial charge is 0.238 e. The summed E-state index contributed by atoms with van der Waals surface area (Å²) in [5, 5.41) is 2.74. The first-order chi connectivity index (χ1) is 9.54. The van der Waals surface area contributed by atoms with Crippen LogP contribution in [0.5, 0.6) is 0 Å². The van der Waals surface area contributed by atoms with Crippen molar-refractivity contribution >= 4 is 11.6 Å². The monoisotopic (exact) mass is 278 g/mol. The van der Waals surface area contributed by atoms with Crippen molar-refractivity contribution in [3.8, 4) is 0 Å². The molecule has 0 spiro atoms.